The predicted molar refractivity (Wildman–Crippen MR) is 37.2 cm³/mol. The number of halogens is 2. The van der Waals surface area contributed by atoms with Crippen molar-refractivity contribution in [2.24, 2.45) is 0 Å². The van der Waals surface area contributed by atoms with Gasteiger partial charge in [0, 0.05) is 0 Å². The third kappa shape index (κ3) is 1.67. The van der Waals surface area contributed by atoms with E-state index in [1.54, 1.807) is 0 Å². The Kier molecular flexibility index (Phi) is 2.41. The average Bonchev–Trinajstić information content (AvgIpc) is 1.97. The number of rotatable bonds is 2. The van der Waals surface area contributed by atoms with Crippen LogP contribution in [0.15, 0.2) is 18.2 Å². The van der Waals surface area contributed by atoms with Gasteiger partial charge in [0.15, 0.2) is 17.4 Å². The molecule has 1 rings (SSSR count). The molecule has 0 saturated heterocycles. The summed E-state index contributed by atoms with van der Waals surface area (Å²) in [6, 6.07) is 3.54. The fourth-order valence-corrected chi connectivity index (χ4v) is 0.722. The molecular formula is C8H7F2O. The molecule has 0 bridgehead atoms. The van der Waals surface area contributed by atoms with E-state index in [-0.39, 0.29) is 12.4 Å². The van der Waals surface area contributed by atoms with Crippen LogP contribution in [0, 0.1) is 18.6 Å². The van der Waals surface area contributed by atoms with Gasteiger partial charge in [-0.3, -0.25) is 0 Å². The van der Waals surface area contributed by atoms with E-state index in [4.69, 9.17) is 0 Å². The zero-order valence-electron chi connectivity index (χ0n) is 5.81. The fourth-order valence-electron chi connectivity index (χ4n) is 0.722. The fraction of sp³-hybridized carbons (Fsp3) is 0.125. The minimum absolute atomic E-state index is 0.0118. The third-order valence-electron chi connectivity index (χ3n) is 1.17. The monoisotopic (exact) mass is 157 g/mol. The first-order chi connectivity index (χ1) is 5.25. The molecule has 0 unspecified atom stereocenters. The largest absolute Gasteiger partial charge is 0.488 e. The molecule has 1 aromatic carbocycles. The summed E-state index contributed by atoms with van der Waals surface area (Å²) in [5.41, 5.74) is 0. The summed E-state index contributed by atoms with van der Waals surface area (Å²) in [6.07, 6.45) is 0. The Bertz CT molecular complexity index is 228. The van der Waals surface area contributed by atoms with Gasteiger partial charge in [0.05, 0.1) is 6.61 Å². The second-order valence-corrected chi connectivity index (χ2v) is 1.90. The summed E-state index contributed by atoms with van der Waals surface area (Å²) < 4.78 is 29.9. The number of hydrogen-bond acceptors (Lipinski definition) is 1. The maximum Gasteiger partial charge on any atom is 0.190 e. The van der Waals surface area contributed by atoms with Crippen LogP contribution in [0.5, 0.6) is 5.75 Å². The molecule has 1 radical (unpaired) electrons. The van der Waals surface area contributed by atoms with E-state index in [0.717, 1.165) is 12.1 Å². The molecule has 0 aliphatic carbocycles. The maximum absolute atomic E-state index is 12.6. The molecule has 11 heavy (non-hydrogen) atoms. The highest BCUT2D eigenvalue weighted by Gasteiger charge is 2.07. The van der Waals surface area contributed by atoms with Crippen molar-refractivity contribution in [3.05, 3.63) is 36.8 Å². The molecule has 0 aromatic heterocycles. The lowest BCUT2D eigenvalue weighted by atomic mass is 10.3. The van der Waals surface area contributed by atoms with Gasteiger partial charge < -0.3 is 4.74 Å². The van der Waals surface area contributed by atoms with E-state index in [0.29, 0.717) is 0 Å². The Morgan fingerprint density at radius 3 is 2.27 bits per heavy atom. The van der Waals surface area contributed by atoms with Crippen LogP contribution in [0.2, 0.25) is 0 Å². The second kappa shape index (κ2) is 3.32. The van der Waals surface area contributed by atoms with Gasteiger partial charge in [-0.05, 0) is 19.1 Å². The molecule has 0 aliphatic heterocycles. The predicted octanol–water partition coefficient (Wildman–Crippen LogP) is 2.18. The minimum Gasteiger partial charge on any atom is -0.488 e. The number of para-hydroxylation sites is 1. The molecule has 0 N–H and O–H groups in total. The zero-order chi connectivity index (χ0) is 8.27. The van der Waals surface area contributed by atoms with Crippen LogP contribution in [0.4, 0.5) is 8.78 Å². The molecule has 1 nitrogen and oxygen atoms in total. The molecular weight excluding hydrogens is 150 g/mol. The lowest BCUT2D eigenvalue weighted by Gasteiger charge is -2.03. The quantitative estimate of drug-likeness (QED) is 0.639. The van der Waals surface area contributed by atoms with Gasteiger partial charge in [-0.1, -0.05) is 6.07 Å². The lowest BCUT2D eigenvalue weighted by molar-refractivity contribution is 0.319. The third-order valence-corrected chi connectivity index (χ3v) is 1.17. The van der Waals surface area contributed by atoms with Crippen molar-refractivity contribution in [2.45, 2.75) is 0 Å². The van der Waals surface area contributed by atoms with E-state index in [1.165, 1.54) is 6.07 Å². The van der Waals surface area contributed by atoms with Crippen LogP contribution in [-0.2, 0) is 0 Å². The van der Waals surface area contributed by atoms with Crippen LogP contribution in [-0.4, -0.2) is 6.61 Å². The van der Waals surface area contributed by atoms with Crippen molar-refractivity contribution in [3.63, 3.8) is 0 Å². The lowest BCUT2D eigenvalue weighted by Crippen LogP contribution is -1.97. The van der Waals surface area contributed by atoms with Crippen LogP contribution in [0.25, 0.3) is 0 Å². The normalized spacial score (nSPS) is 9.73. The molecule has 59 valence electrons. The molecule has 1 aromatic rings. The molecule has 0 atom stereocenters. The van der Waals surface area contributed by atoms with Gasteiger partial charge in [0.1, 0.15) is 0 Å². The van der Waals surface area contributed by atoms with Gasteiger partial charge in [0.25, 0.3) is 0 Å². The van der Waals surface area contributed by atoms with E-state index < -0.39 is 11.6 Å². The molecule has 0 heterocycles. The standard InChI is InChI=1S/C8H7F2O/c1-2-11-8-6(9)4-3-5-7(8)10/h3-5H,1-2H2. The van der Waals surface area contributed by atoms with Crippen LogP contribution in [0.1, 0.15) is 0 Å². The van der Waals surface area contributed by atoms with Gasteiger partial charge in [-0.25, -0.2) is 8.78 Å². The number of benzene rings is 1. The Labute approximate surface area is 63.6 Å². The molecule has 0 fully saturated rings. The van der Waals surface area contributed by atoms with Crippen molar-refractivity contribution < 1.29 is 13.5 Å². The molecule has 3 heteroatoms. The van der Waals surface area contributed by atoms with E-state index in [1.807, 2.05) is 0 Å². The number of ether oxygens (including phenoxy) is 1. The molecule has 0 amide bonds. The first kappa shape index (κ1) is 7.98. The van der Waals surface area contributed by atoms with E-state index >= 15 is 0 Å². The Morgan fingerprint density at radius 1 is 1.27 bits per heavy atom. The zero-order valence-corrected chi connectivity index (χ0v) is 5.81. The van der Waals surface area contributed by atoms with Crippen LogP contribution >= 0.6 is 0 Å². The Morgan fingerprint density at radius 2 is 1.82 bits per heavy atom. The highest BCUT2D eigenvalue weighted by atomic mass is 19.1. The Balaban J connectivity index is 3.00. The smallest absolute Gasteiger partial charge is 0.190 e. The van der Waals surface area contributed by atoms with E-state index in [2.05, 4.69) is 11.7 Å². The van der Waals surface area contributed by atoms with E-state index in [9.17, 15) is 8.78 Å². The molecule has 0 aliphatic rings. The van der Waals surface area contributed by atoms with Gasteiger partial charge in [-0.2, -0.15) is 0 Å². The Hall–Kier alpha value is -1.12. The van der Waals surface area contributed by atoms with Crippen molar-refractivity contribution in [1.82, 2.24) is 0 Å². The second-order valence-electron chi connectivity index (χ2n) is 1.90. The van der Waals surface area contributed by atoms with Crippen molar-refractivity contribution in [1.29, 1.82) is 0 Å². The highest BCUT2D eigenvalue weighted by Crippen LogP contribution is 2.20. The molecule has 0 spiro atoms. The first-order valence-corrected chi connectivity index (χ1v) is 3.11. The average molecular weight is 157 g/mol. The summed E-state index contributed by atoms with van der Waals surface area (Å²) in [5.74, 6) is -1.76. The highest BCUT2D eigenvalue weighted by molar-refractivity contribution is 5.25. The van der Waals surface area contributed by atoms with Crippen molar-refractivity contribution >= 4 is 0 Å². The van der Waals surface area contributed by atoms with Crippen LogP contribution in [0.3, 0.4) is 0 Å². The van der Waals surface area contributed by atoms with Gasteiger partial charge in [0.2, 0.25) is 0 Å². The number of hydrogen-bond donors (Lipinski definition) is 0. The first-order valence-electron chi connectivity index (χ1n) is 3.11. The SMILES string of the molecule is [CH2]COc1c(F)cccc1F. The summed E-state index contributed by atoms with van der Waals surface area (Å²) >= 11 is 0. The summed E-state index contributed by atoms with van der Waals surface area (Å²) in [7, 11) is 0. The summed E-state index contributed by atoms with van der Waals surface area (Å²) in [5, 5.41) is 0. The van der Waals surface area contributed by atoms with Crippen LogP contribution < -0.4 is 4.74 Å². The van der Waals surface area contributed by atoms with Gasteiger partial charge in [-0.15, -0.1) is 0 Å². The summed E-state index contributed by atoms with van der Waals surface area (Å²) in [6.45, 7) is 3.32. The minimum atomic E-state index is -0.700. The van der Waals surface area contributed by atoms with Gasteiger partial charge >= 0.3 is 0 Å². The summed E-state index contributed by atoms with van der Waals surface area (Å²) in [4.78, 5) is 0. The molecule has 0 saturated carbocycles. The van der Waals surface area contributed by atoms with Crippen molar-refractivity contribution in [3.8, 4) is 5.75 Å². The topological polar surface area (TPSA) is 9.23 Å². The van der Waals surface area contributed by atoms with Crippen molar-refractivity contribution in [2.75, 3.05) is 6.61 Å². The maximum atomic E-state index is 12.6.